The minimum atomic E-state index is -0.979. The molecule has 14 heavy (non-hydrogen) atoms. The molecule has 1 saturated carbocycles. The van der Waals surface area contributed by atoms with Crippen LogP contribution in [0.5, 0.6) is 0 Å². The summed E-state index contributed by atoms with van der Waals surface area (Å²) in [5, 5.41) is 9.00. The first-order valence-electron chi connectivity index (χ1n) is 4.73. The van der Waals surface area contributed by atoms with Gasteiger partial charge in [0.05, 0.1) is 0 Å². The number of rotatable bonds is 2. The topological polar surface area (TPSA) is 80.4 Å². The van der Waals surface area contributed by atoms with E-state index in [4.69, 9.17) is 10.8 Å². The highest BCUT2D eigenvalue weighted by Crippen LogP contribution is 2.56. The fourth-order valence-corrected chi connectivity index (χ4v) is 2.96. The van der Waals surface area contributed by atoms with Crippen molar-refractivity contribution in [3.05, 3.63) is 11.1 Å². The van der Waals surface area contributed by atoms with Crippen molar-refractivity contribution in [2.24, 2.45) is 17.1 Å². The number of hydrogen-bond donors (Lipinski definition) is 2. The molecule has 2 aliphatic rings. The predicted molar refractivity (Wildman–Crippen MR) is 49.3 cm³/mol. The van der Waals surface area contributed by atoms with Crippen molar-refractivity contribution < 1.29 is 14.7 Å². The first kappa shape index (κ1) is 9.24. The number of carboxylic acids is 1. The number of primary amides is 1. The summed E-state index contributed by atoms with van der Waals surface area (Å²) in [6.07, 6.45) is 2.52. The number of aliphatic carboxylic acids is 1. The minimum Gasteiger partial charge on any atom is -0.478 e. The van der Waals surface area contributed by atoms with Gasteiger partial charge in [0, 0.05) is 11.1 Å². The molecule has 0 aromatic rings. The Kier molecular flexibility index (Phi) is 1.71. The van der Waals surface area contributed by atoms with E-state index in [1.807, 2.05) is 6.92 Å². The smallest absolute Gasteiger partial charge is 0.332 e. The zero-order valence-electron chi connectivity index (χ0n) is 8.04. The van der Waals surface area contributed by atoms with Crippen LogP contribution in [-0.2, 0) is 9.59 Å². The van der Waals surface area contributed by atoms with Gasteiger partial charge < -0.3 is 10.8 Å². The first-order chi connectivity index (χ1) is 6.46. The summed E-state index contributed by atoms with van der Waals surface area (Å²) < 4.78 is 0. The molecule has 0 aliphatic heterocycles. The molecule has 2 aliphatic carbocycles. The summed E-state index contributed by atoms with van der Waals surface area (Å²) in [6, 6.07) is 0. The third kappa shape index (κ3) is 0.997. The van der Waals surface area contributed by atoms with Crippen molar-refractivity contribution in [1.29, 1.82) is 0 Å². The molecule has 0 aromatic carbocycles. The van der Waals surface area contributed by atoms with Crippen LogP contribution in [0, 0.1) is 11.3 Å². The summed E-state index contributed by atoms with van der Waals surface area (Å²) in [4.78, 5) is 22.2. The fraction of sp³-hybridized carbons (Fsp3) is 0.600. The molecule has 2 unspecified atom stereocenters. The fourth-order valence-electron chi connectivity index (χ4n) is 2.96. The van der Waals surface area contributed by atoms with Crippen LogP contribution in [0.15, 0.2) is 11.1 Å². The molecule has 76 valence electrons. The Morgan fingerprint density at radius 2 is 2.21 bits per heavy atom. The van der Waals surface area contributed by atoms with Crippen LogP contribution in [0.3, 0.4) is 0 Å². The molecule has 4 nitrogen and oxygen atoms in total. The van der Waals surface area contributed by atoms with Gasteiger partial charge in [-0.05, 0) is 30.6 Å². The van der Waals surface area contributed by atoms with E-state index in [1.165, 1.54) is 0 Å². The maximum atomic E-state index is 11.2. The van der Waals surface area contributed by atoms with Crippen molar-refractivity contribution in [2.45, 2.75) is 26.2 Å². The summed E-state index contributed by atoms with van der Waals surface area (Å²) in [5.74, 6) is -1.50. The number of hydrogen-bond acceptors (Lipinski definition) is 2. The van der Waals surface area contributed by atoms with E-state index < -0.39 is 11.9 Å². The average Bonchev–Trinajstić information content (AvgIpc) is 2.55. The SMILES string of the molecule is CC12CCC(C1)C(C(=O)O)=C2C(N)=O. The van der Waals surface area contributed by atoms with E-state index in [1.54, 1.807) is 0 Å². The normalized spacial score (nSPS) is 35.1. The van der Waals surface area contributed by atoms with Crippen LogP contribution in [0.1, 0.15) is 26.2 Å². The second kappa shape index (κ2) is 2.59. The second-order valence-corrected chi connectivity index (χ2v) is 4.46. The lowest BCUT2D eigenvalue weighted by Gasteiger charge is -2.23. The zero-order valence-corrected chi connectivity index (χ0v) is 8.04. The van der Waals surface area contributed by atoms with E-state index in [9.17, 15) is 9.59 Å². The molecule has 2 atom stereocenters. The first-order valence-corrected chi connectivity index (χ1v) is 4.73. The number of carbonyl (C=O) groups is 2. The lowest BCUT2D eigenvalue weighted by molar-refractivity contribution is -0.133. The number of carbonyl (C=O) groups excluding carboxylic acids is 1. The molecule has 0 spiro atoms. The van der Waals surface area contributed by atoms with Crippen molar-refractivity contribution in [3.8, 4) is 0 Å². The van der Waals surface area contributed by atoms with Gasteiger partial charge >= 0.3 is 5.97 Å². The third-order valence-electron chi connectivity index (χ3n) is 3.50. The zero-order chi connectivity index (χ0) is 10.5. The highest BCUT2D eigenvalue weighted by Gasteiger charge is 2.51. The van der Waals surface area contributed by atoms with Gasteiger partial charge in [0.2, 0.25) is 5.91 Å². The molecule has 1 amide bonds. The highest BCUT2D eigenvalue weighted by atomic mass is 16.4. The summed E-state index contributed by atoms with van der Waals surface area (Å²) in [5.41, 5.74) is 5.60. The van der Waals surface area contributed by atoms with E-state index in [0.717, 1.165) is 19.3 Å². The molecular weight excluding hydrogens is 182 g/mol. The second-order valence-electron chi connectivity index (χ2n) is 4.46. The lowest BCUT2D eigenvalue weighted by atomic mass is 9.80. The van der Waals surface area contributed by atoms with Crippen molar-refractivity contribution in [3.63, 3.8) is 0 Å². The van der Waals surface area contributed by atoms with Crippen LogP contribution >= 0.6 is 0 Å². The third-order valence-corrected chi connectivity index (χ3v) is 3.50. The van der Waals surface area contributed by atoms with Gasteiger partial charge in [-0.15, -0.1) is 0 Å². The van der Waals surface area contributed by atoms with Crippen LogP contribution in [-0.4, -0.2) is 17.0 Å². The predicted octanol–water partition coefficient (Wildman–Crippen LogP) is 0.673. The molecule has 0 aromatic heterocycles. The Labute approximate surface area is 81.8 Å². The van der Waals surface area contributed by atoms with Gasteiger partial charge in [0.1, 0.15) is 0 Å². The number of nitrogens with two attached hydrogens (primary N) is 1. The molecule has 2 rings (SSSR count). The van der Waals surface area contributed by atoms with Gasteiger partial charge in [-0.25, -0.2) is 4.79 Å². The number of carboxylic acid groups (broad SMARTS) is 1. The maximum Gasteiger partial charge on any atom is 0.332 e. The molecule has 0 radical (unpaired) electrons. The Morgan fingerprint density at radius 1 is 1.57 bits per heavy atom. The summed E-state index contributed by atoms with van der Waals surface area (Å²) in [7, 11) is 0. The minimum absolute atomic E-state index is 0.0417. The molecule has 4 heteroatoms. The number of fused-ring (bicyclic) bond motifs is 2. The lowest BCUT2D eigenvalue weighted by Crippen LogP contribution is -2.28. The van der Waals surface area contributed by atoms with Crippen LogP contribution in [0.4, 0.5) is 0 Å². The van der Waals surface area contributed by atoms with Gasteiger partial charge in [-0.2, -0.15) is 0 Å². The van der Waals surface area contributed by atoms with Crippen LogP contribution in [0.25, 0.3) is 0 Å². The van der Waals surface area contributed by atoms with Crippen molar-refractivity contribution >= 4 is 11.9 Å². The van der Waals surface area contributed by atoms with Crippen LogP contribution in [0.2, 0.25) is 0 Å². The average molecular weight is 195 g/mol. The molecule has 1 fully saturated rings. The maximum absolute atomic E-state index is 11.2. The van der Waals surface area contributed by atoms with E-state index >= 15 is 0 Å². The summed E-state index contributed by atoms with van der Waals surface area (Å²) >= 11 is 0. The molecule has 3 N–H and O–H groups in total. The monoisotopic (exact) mass is 195 g/mol. The molecule has 0 saturated heterocycles. The van der Waals surface area contributed by atoms with Gasteiger partial charge in [0.15, 0.2) is 0 Å². The van der Waals surface area contributed by atoms with E-state index in [-0.39, 0.29) is 16.9 Å². The molecule has 2 bridgehead atoms. The largest absolute Gasteiger partial charge is 0.478 e. The van der Waals surface area contributed by atoms with Crippen molar-refractivity contribution in [1.82, 2.24) is 0 Å². The Hall–Kier alpha value is -1.32. The Morgan fingerprint density at radius 3 is 2.64 bits per heavy atom. The molecule has 0 heterocycles. The van der Waals surface area contributed by atoms with Gasteiger partial charge in [-0.1, -0.05) is 6.92 Å². The van der Waals surface area contributed by atoms with Gasteiger partial charge in [0.25, 0.3) is 0 Å². The van der Waals surface area contributed by atoms with E-state index in [0.29, 0.717) is 5.57 Å². The Balaban J connectivity index is 2.56. The van der Waals surface area contributed by atoms with Crippen molar-refractivity contribution in [2.75, 3.05) is 0 Å². The van der Waals surface area contributed by atoms with E-state index in [2.05, 4.69) is 0 Å². The Bertz CT molecular complexity index is 358. The number of amides is 1. The summed E-state index contributed by atoms with van der Waals surface area (Å²) in [6.45, 7) is 1.93. The van der Waals surface area contributed by atoms with Gasteiger partial charge in [-0.3, -0.25) is 4.79 Å². The molecular formula is C10H13NO3. The highest BCUT2D eigenvalue weighted by molar-refractivity contribution is 6.04. The van der Waals surface area contributed by atoms with Crippen LogP contribution < -0.4 is 5.73 Å². The standard InChI is InChI=1S/C10H13NO3/c1-10-3-2-5(4-10)6(9(13)14)7(10)8(11)12/h5H,2-4H2,1H3,(H2,11,12)(H,13,14). The quantitative estimate of drug-likeness (QED) is 0.679.